The maximum atomic E-state index is 14.0. The lowest BCUT2D eigenvalue weighted by Crippen LogP contribution is -2.55. The molecule has 6 nitrogen and oxygen atoms in total. The first-order chi connectivity index (χ1) is 12.9. The number of anilines is 2. The van der Waals surface area contributed by atoms with Crippen molar-refractivity contribution >= 4 is 23.3 Å². The van der Waals surface area contributed by atoms with E-state index in [2.05, 4.69) is 5.32 Å². The average Bonchev–Trinajstić information content (AvgIpc) is 2.61. The third kappa shape index (κ3) is 3.99. The van der Waals surface area contributed by atoms with E-state index in [9.17, 15) is 18.4 Å². The first-order valence-electron chi connectivity index (χ1n) is 8.53. The summed E-state index contributed by atoms with van der Waals surface area (Å²) in [5.41, 5.74) is 5.57. The van der Waals surface area contributed by atoms with Crippen molar-refractivity contribution in [2.75, 3.05) is 29.9 Å². The topological polar surface area (TPSA) is 78.7 Å². The van der Waals surface area contributed by atoms with Crippen molar-refractivity contribution in [1.82, 2.24) is 4.90 Å². The lowest BCUT2D eigenvalue weighted by Gasteiger charge is -2.40. The standard InChI is InChI=1S/C19H20F2N4O2/c1-12-11-24(17-5-3-2-4-15(17)20)8-9-25(12)19(27)23-13-6-7-14(18(22)26)16(21)10-13/h2-7,10,12H,8-9,11H2,1H3,(H2,22,26)(H,23,27)/t12-/m0/s1. The maximum Gasteiger partial charge on any atom is 0.322 e. The van der Waals surface area contributed by atoms with E-state index in [0.717, 1.165) is 6.07 Å². The summed E-state index contributed by atoms with van der Waals surface area (Å²) in [7, 11) is 0. The zero-order valence-corrected chi connectivity index (χ0v) is 14.8. The summed E-state index contributed by atoms with van der Waals surface area (Å²) in [4.78, 5) is 27.1. The van der Waals surface area contributed by atoms with E-state index in [1.807, 2.05) is 11.8 Å². The molecule has 0 bridgehead atoms. The molecule has 0 radical (unpaired) electrons. The van der Waals surface area contributed by atoms with Gasteiger partial charge in [-0.3, -0.25) is 4.79 Å². The van der Waals surface area contributed by atoms with Crippen LogP contribution in [0.1, 0.15) is 17.3 Å². The smallest absolute Gasteiger partial charge is 0.322 e. The Morgan fingerprint density at radius 2 is 1.85 bits per heavy atom. The van der Waals surface area contributed by atoms with Crippen LogP contribution in [-0.4, -0.2) is 42.5 Å². The van der Waals surface area contributed by atoms with E-state index < -0.39 is 11.7 Å². The van der Waals surface area contributed by atoms with Gasteiger partial charge in [-0.25, -0.2) is 13.6 Å². The van der Waals surface area contributed by atoms with Crippen LogP contribution in [0, 0.1) is 11.6 Å². The van der Waals surface area contributed by atoms with Crippen molar-refractivity contribution in [3.05, 3.63) is 59.7 Å². The van der Waals surface area contributed by atoms with E-state index in [-0.39, 0.29) is 29.1 Å². The number of amides is 3. The van der Waals surface area contributed by atoms with Crippen molar-refractivity contribution in [1.29, 1.82) is 0 Å². The number of carbonyl (C=O) groups excluding carboxylic acids is 2. The SMILES string of the molecule is C[C@H]1CN(c2ccccc2F)CCN1C(=O)Nc1ccc(C(N)=O)c(F)c1. The number of carbonyl (C=O) groups is 2. The quantitative estimate of drug-likeness (QED) is 0.867. The largest absolute Gasteiger partial charge is 0.366 e. The van der Waals surface area contributed by atoms with Crippen LogP contribution in [0.2, 0.25) is 0 Å². The number of hydrogen-bond acceptors (Lipinski definition) is 3. The summed E-state index contributed by atoms with van der Waals surface area (Å²) in [5, 5.41) is 2.62. The number of para-hydroxylation sites is 1. The van der Waals surface area contributed by atoms with Crippen LogP contribution >= 0.6 is 0 Å². The van der Waals surface area contributed by atoms with Crippen molar-refractivity contribution in [3.63, 3.8) is 0 Å². The molecule has 2 aromatic carbocycles. The number of urea groups is 1. The van der Waals surface area contributed by atoms with E-state index in [0.29, 0.717) is 25.3 Å². The molecule has 0 spiro atoms. The summed E-state index contributed by atoms with van der Waals surface area (Å²) in [5.74, 6) is -1.96. The molecule has 0 saturated carbocycles. The Morgan fingerprint density at radius 3 is 2.48 bits per heavy atom. The van der Waals surface area contributed by atoms with Gasteiger partial charge in [-0.15, -0.1) is 0 Å². The number of halogens is 2. The number of nitrogens with one attached hydrogen (secondary N) is 1. The number of piperazine rings is 1. The number of hydrogen-bond donors (Lipinski definition) is 2. The Bertz CT molecular complexity index is 875. The molecule has 1 aliphatic rings. The third-order valence-electron chi connectivity index (χ3n) is 4.57. The van der Waals surface area contributed by atoms with Gasteiger partial charge in [-0.05, 0) is 37.3 Å². The second kappa shape index (κ2) is 7.61. The molecule has 1 heterocycles. The molecular weight excluding hydrogens is 354 g/mol. The molecule has 27 heavy (non-hydrogen) atoms. The monoisotopic (exact) mass is 374 g/mol. The number of benzene rings is 2. The van der Waals surface area contributed by atoms with Gasteiger partial charge in [0.15, 0.2) is 0 Å². The van der Waals surface area contributed by atoms with Gasteiger partial charge < -0.3 is 20.9 Å². The average molecular weight is 374 g/mol. The van der Waals surface area contributed by atoms with E-state index in [4.69, 9.17) is 5.73 Å². The minimum Gasteiger partial charge on any atom is -0.366 e. The molecule has 0 unspecified atom stereocenters. The molecule has 2 aromatic rings. The molecule has 1 aliphatic heterocycles. The molecule has 3 amide bonds. The third-order valence-corrected chi connectivity index (χ3v) is 4.57. The number of primary amides is 1. The molecule has 142 valence electrons. The van der Waals surface area contributed by atoms with Crippen molar-refractivity contribution in [2.45, 2.75) is 13.0 Å². The number of rotatable bonds is 3. The number of nitrogens with zero attached hydrogens (tertiary/aromatic N) is 2. The van der Waals surface area contributed by atoms with Crippen LogP contribution < -0.4 is 16.0 Å². The molecule has 0 aliphatic carbocycles. The van der Waals surface area contributed by atoms with Gasteiger partial charge >= 0.3 is 6.03 Å². The Labute approximate surface area is 155 Å². The minimum atomic E-state index is -0.872. The Morgan fingerprint density at radius 1 is 1.11 bits per heavy atom. The van der Waals surface area contributed by atoms with Crippen LogP contribution in [0.25, 0.3) is 0 Å². The molecule has 3 N–H and O–H groups in total. The van der Waals surface area contributed by atoms with Crippen LogP contribution in [0.5, 0.6) is 0 Å². The fraction of sp³-hybridized carbons (Fsp3) is 0.263. The van der Waals surface area contributed by atoms with E-state index in [1.54, 1.807) is 23.1 Å². The zero-order chi connectivity index (χ0) is 19.6. The van der Waals surface area contributed by atoms with Crippen LogP contribution in [-0.2, 0) is 0 Å². The summed E-state index contributed by atoms with van der Waals surface area (Å²) in [6.07, 6.45) is 0. The predicted molar refractivity (Wildman–Crippen MR) is 98.7 cm³/mol. The van der Waals surface area contributed by atoms with Gasteiger partial charge in [0.1, 0.15) is 11.6 Å². The zero-order valence-electron chi connectivity index (χ0n) is 14.8. The van der Waals surface area contributed by atoms with Crippen molar-refractivity contribution in [2.24, 2.45) is 5.73 Å². The van der Waals surface area contributed by atoms with Gasteiger partial charge in [0.05, 0.1) is 11.3 Å². The Kier molecular flexibility index (Phi) is 5.25. The van der Waals surface area contributed by atoms with E-state index in [1.165, 1.54) is 18.2 Å². The van der Waals surface area contributed by atoms with Crippen LogP contribution in [0.15, 0.2) is 42.5 Å². The highest BCUT2D eigenvalue weighted by Crippen LogP contribution is 2.23. The van der Waals surface area contributed by atoms with Crippen LogP contribution in [0.3, 0.4) is 0 Å². The van der Waals surface area contributed by atoms with Crippen molar-refractivity contribution < 1.29 is 18.4 Å². The van der Waals surface area contributed by atoms with Gasteiger partial charge in [0.2, 0.25) is 0 Å². The second-order valence-electron chi connectivity index (χ2n) is 6.43. The molecular formula is C19H20F2N4O2. The minimum absolute atomic E-state index is 0.173. The summed E-state index contributed by atoms with van der Waals surface area (Å²) < 4.78 is 27.8. The molecule has 0 aromatic heterocycles. The fourth-order valence-electron chi connectivity index (χ4n) is 3.17. The highest BCUT2D eigenvalue weighted by Gasteiger charge is 2.28. The molecule has 3 rings (SSSR count). The Hall–Kier alpha value is -3.16. The van der Waals surface area contributed by atoms with Crippen LogP contribution in [0.4, 0.5) is 25.0 Å². The lowest BCUT2D eigenvalue weighted by atomic mass is 10.1. The maximum absolute atomic E-state index is 14.0. The predicted octanol–water partition coefficient (Wildman–Crippen LogP) is 2.81. The van der Waals surface area contributed by atoms with Gasteiger partial charge in [0, 0.05) is 31.4 Å². The number of nitrogens with two attached hydrogens (primary N) is 1. The first-order valence-corrected chi connectivity index (χ1v) is 8.53. The molecule has 1 saturated heterocycles. The van der Waals surface area contributed by atoms with Gasteiger partial charge in [-0.1, -0.05) is 12.1 Å². The van der Waals surface area contributed by atoms with E-state index >= 15 is 0 Å². The van der Waals surface area contributed by atoms with Gasteiger partial charge in [0.25, 0.3) is 5.91 Å². The summed E-state index contributed by atoms with van der Waals surface area (Å²) in [6, 6.07) is 9.66. The Balaban J connectivity index is 1.66. The summed E-state index contributed by atoms with van der Waals surface area (Å²) >= 11 is 0. The molecule has 1 fully saturated rings. The molecule has 8 heteroatoms. The fourth-order valence-corrected chi connectivity index (χ4v) is 3.17. The summed E-state index contributed by atoms with van der Waals surface area (Å²) in [6.45, 7) is 3.21. The highest BCUT2D eigenvalue weighted by molar-refractivity contribution is 5.94. The lowest BCUT2D eigenvalue weighted by molar-refractivity contribution is 0.0996. The van der Waals surface area contributed by atoms with Gasteiger partial charge in [-0.2, -0.15) is 0 Å². The normalized spacial score (nSPS) is 16.9. The highest BCUT2D eigenvalue weighted by atomic mass is 19.1. The van der Waals surface area contributed by atoms with Crippen molar-refractivity contribution in [3.8, 4) is 0 Å². The first kappa shape index (κ1) is 18.6. The molecule has 1 atom stereocenters. The second-order valence-corrected chi connectivity index (χ2v) is 6.43.